The second-order valence-corrected chi connectivity index (χ2v) is 4.44. The predicted molar refractivity (Wildman–Crippen MR) is 63.8 cm³/mol. The highest BCUT2D eigenvalue weighted by Gasteiger charge is 2.28. The molecule has 1 unspecified atom stereocenters. The second kappa shape index (κ2) is 5.43. The number of methoxy groups -OCH3 is 1. The fourth-order valence-electron chi connectivity index (χ4n) is 1.57. The van der Waals surface area contributed by atoms with Crippen molar-refractivity contribution in [3.8, 4) is 0 Å². The lowest BCUT2D eigenvalue weighted by molar-refractivity contribution is -0.0101. The molecule has 0 bridgehead atoms. The fourth-order valence-corrected chi connectivity index (χ4v) is 1.57. The van der Waals surface area contributed by atoms with Gasteiger partial charge in [0.1, 0.15) is 0 Å². The minimum Gasteiger partial charge on any atom is -0.377 e. The van der Waals surface area contributed by atoms with Crippen molar-refractivity contribution < 1.29 is 4.74 Å². The van der Waals surface area contributed by atoms with Gasteiger partial charge in [-0.2, -0.15) is 5.10 Å². The normalized spacial score (nSPS) is 14.1. The number of ether oxygens (including phenoxy) is 1. The van der Waals surface area contributed by atoms with Gasteiger partial charge in [-0.25, -0.2) is 0 Å². The number of hydrogen-bond acceptors (Lipinski definition) is 4. The SMILES string of the molecule is CCn1cc(CC(NN)C(C)(C)OC)cn1. The van der Waals surface area contributed by atoms with Crippen molar-refractivity contribution in [3.63, 3.8) is 0 Å². The number of aromatic nitrogens is 2. The number of rotatable bonds is 6. The minimum atomic E-state index is -0.303. The summed E-state index contributed by atoms with van der Waals surface area (Å²) in [6.45, 7) is 6.98. The van der Waals surface area contributed by atoms with Crippen LogP contribution in [0.2, 0.25) is 0 Å². The first-order chi connectivity index (χ1) is 7.53. The van der Waals surface area contributed by atoms with E-state index < -0.39 is 0 Å². The zero-order chi connectivity index (χ0) is 12.2. The molecule has 0 saturated carbocycles. The molecule has 0 aliphatic carbocycles. The first-order valence-corrected chi connectivity index (χ1v) is 5.56. The van der Waals surface area contributed by atoms with E-state index in [4.69, 9.17) is 10.6 Å². The summed E-state index contributed by atoms with van der Waals surface area (Å²) in [6, 6.07) is 0.0620. The van der Waals surface area contributed by atoms with Gasteiger partial charge in [0, 0.05) is 19.9 Å². The molecule has 1 aromatic rings. The Hall–Kier alpha value is -0.910. The molecule has 1 rings (SSSR count). The zero-order valence-corrected chi connectivity index (χ0v) is 10.5. The van der Waals surface area contributed by atoms with Gasteiger partial charge in [-0.05, 0) is 32.8 Å². The van der Waals surface area contributed by atoms with E-state index in [-0.39, 0.29) is 11.6 Å². The molecule has 1 atom stereocenters. The van der Waals surface area contributed by atoms with Gasteiger partial charge in [-0.1, -0.05) is 0 Å². The first kappa shape index (κ1) is 13.2. The van der Waals surface area contributed by atoms with Crippen LogP contribution in [0, 0.1) is 0 Å². The van der Waals surface area contributed by atoms with Gasteiger partial charge in [0.05, 0.1) is 17.8 Å². The van der Waals surface area contributed by atoms with Crippen molar-refractivity contribution in [3.05, 3.63) is 18.0 Å². The van der Waals surface area contributed by atoms with Crippen molar-refractivity contribution in [2.45, 2.75) is 45.4 Å². The molecular weight excluding hydrogens is 204 g/mol. The van der Waals surface area contributed by atoms with E-state index in [1.54, 1.807) is 7.11 Å². The van der Waals surface area contributed by atoms with Gasteiger partial charge >= 0.3 is 0 Å². The molecule has 1 heterocycles. The Morgan fingerprint density at radius 1 is 1.62 bits per heavy atom. The summed E-state index contributed by atoms with van der Waals surface area (Å²) in [5.74, 6) is 5.56. The van der Waals surface area contributed by atoms with Gasteiger partial charge in [-0.3, -0.25) is 16.0 Å². The molecule has 92 valence electrons. The highest BCUT2D eigenvalue weighted by atomic mass is 16.5. The van der Waals surface area contributed by atoms with Crippen LogP contribution in [0.5, 0.6) is 0 Å². The molecule has 1 aromatic heterocycles. The highest BCUT2D eigenvalue weighted by molar-refractivity contribution is 5.08. The molecule has 0 aliphatic rings. The molecule has 0 fully saturated rings. The van der Waals surface area contributed by atoms with Gasteiger partial charge in [0.15, 0.2) is 0 Å². The molecular formula is C11H22N4O. The molecule has 5 heteroatoms. The molecule has 0 amide bonds. The summed E-state index contributed by atoms with van der Waals surface area (Å²) in [5, 5.41) is 4.24. The molecule has 16 heavy (non-hydrogen) atoms. The van der Waals surface area contributed by atoms with E-state index in [9.17, 15) is 0 Å². The standard InChI is InChI=1S/C11H22N4O/c1-5-15-8-9(7-13-15)6-10(14-12)11(2,3)16-4/h7-8,10,14H,5-6,12H2,1-4H3. The minimum absolute atomic E-state index is 0.0620. The van der Waals surface area contributed by atoms with E-state index in [0.29, 0.717) is 0 Å². The summed E-state index contributed by atoms with van der Waals surface area (Å²) in [7, 11) is 1.69. The lowest BCUT2D eigenvalue weighted by Gasteiger charge is -2.32. The number of aryl methyl sites for hydroxylation is 1. The molecule has 0 saturated heterocycles. The monoisotopic (exact) mass is 226 g/mol. The molecule has 0 aromatic carbocycles. The van der Waals surface area contributed by atoms with Crippen LogP contribution in [0.4, 0.5) is 0 Å². The van der Waals surface area contributed by atoms with Crippen molar-refractivity contribution in [1.29, 1.82) is 0 Å². The van der Waals surface area contributed by atoms with E-state index in [0.717, 1.165) is 18.5 Å². The predicted octanol–water partition coefficient (Wildman–Crippen LogP) is 0.702. The quantitative estimate of drug-likeness (QED) is 0.553. The lowest BCUT2D eigenvalue weighted by atomic mass is 9.94. The molecule has 0 spiro atoms. The average molecular weight is 226 g/mol. The third-order valence-corrected chi connectivity index (χ3v) is 3.02. The molecule has 5 nitrogen and oxygen atoms in total. The maximum Gasteiger partial charge on any atom is 0.0791 e. The van der Waals surface area contributed by atoms with E-state index in [1.165, 1.54) is 0 Å². The smallest absolute Gasteiger partial charge is 0.0791 e. The van der Waals surface area contributed by atoms with Crippen LogP contribution in [-0.4, -0.2) is 28.5 Å². The first-order valence-electron chi connectivity index (χ1n) is 5.56. The summed E-state index contributed by atoms with van der Waals surface area (Å²) in [4.78, 5) is 0. The number of nitrogens with one attached hydrogen (secondary N) is 1. The lowest BCUT2D eigenvalue weighted by Crippen LogP contribution is -2.52. The molecule has 3 N–H and O–H groups in total. The van der Waals surface area contributed by atoms with Crippen LogP contribution in [0.3, 0.4) is 0 Å². The number of hydrogen-bond donors (Lipinski definition) is 2. The maximum absolute atomic E-state index is 5.56. The third kappa shape index (κ3) is 3.04. The fraction of sp³-hybridized carbons (Fsp3) is 0.727. The van der Waals surface area contributed by atoms with Crippen LogP contribution < -0.4 is 11.3 Å². The third-order valence-electron chi connectivity index (χ3n) is 3.02. The topological polar surface area (TPSA) is 65.1 Å². The Morgan fingerprint density at radius 2 is 2.31 bits per heavy atom. The van der Waals surface area contributed by atoms with E-state index in [2.05, 4.69) is 17.4 Å². The number of hydrazine groups is 1. The van der Waals surface area contributed by atoms with Gasteiger partial charge < -0.3 is 4.74 Å². The van der Waals surface area contributed by atoms with Crippen LogP contribution in [0.15, 0.2) is 12.4 Å². The van der Waals surface area contributed by atoms with Crippen molar-refractivity contribution in [1.82, 2.24) is 15.2 Å². The van der Waals surface area contributed by atoms with Crippen LogP contribution in [0.1, 0.15) is 26.3 Å². The van der Waals surface area contributed by atoms with Gasteiger partial charge in [-0.15, -0.1) is 0 Å². The summed E-state index contributed by atoms with van der Waals surface area (Å²) < 4.78 is 7.33. The van der Waals surface area contributed by atoms with Crippen LogP contribution >= 0.6 is 0 Å². The Labute approximate surface area is 96.9 Å². The van der Waals surface area contributed by atoms with Crippen LogP contribution in [-0.2, 0) is 17.7 Å². The van der Waals surface area contributed by atoms with Crippen molar-refractivity contribution in [2.24, 2.45) is 5.84 Å². The molecule has 0 radical (unpaired) electrons. The average Bonchev–Trinajstić information content (AvgIpc) is 2.73. The van der Waals surface area contributed by atoms with Crippen LogP contribution in [0.25, 0.3) is 0 Å². The summed E-state index contributed by atoms with van der Waals surface area (Å²) >= 11 is 0. The number of nitrogens with two attached hydrogens (primary N) is 1. The number of nitrogens with zero attached hydrogens (tertiary/aromatic N) is 2. The Bertz CT molecular complexity index is 322. The second-order valence-electron chi connectivity index (χ2n) is 4.44. The van der Waals surface area contributed by atoms with E-state index >= 15 is 0 Å². The summed E-state index contributed by atoms with van der Waals surface area (Å²) in [6.07, 6.45) is 4.72. The summed E-state index contributed by atoms with van der Waals surface area (Å²) in [5.41, 5.74) is 3.67. The van der Waals surface area contributed by atoms with Crippen molar-refractivity contribution >= 4 is 0 Å². The zero-order valence-electron chi connectivity index (χ0n) is 10.5. The maximum atomic E-state index is 5.56. The Kier molecular flexibility index (Phi) is 4.46. The largest absolute Gasteiger partial charge is 0.377 e. The van der Waals surface area contributed by atoms with Gasteiger partial charge in [0.25, 0.3) is 0 Å². The Morgan fingerprint density at radius 3 is 2.75 bits per heavy atom. The molecule has 0 aliphatic heterocycles. The van der Waals surface area contributed by atoms with Gasteiger partial charge in [0.2, 0.25) is 0 Å². The Balaban J connectivity index is 2.70. The van der Waals surface area contributed by atoms with E-state index in [1.807, 2.05) is 30.9 Å². The van der Waals surface area contributed by atoms with Crippen molar-refractivity contribution in [2.75, 3.05) is 7.11 Å². The highest BCUT2D eigenvalue weighted by Crippen LogP contribution is 2.17.